The van der Waals surface area contributed by atoms with Gasteiger partial charge in [-0.15, -0.1) is 0 Å². The number of hydrogen-bond acceptors (Lipinski definition) is 4. The summed E-state index contributed by atoms with van der Waals surface area (Å²) in [6, 6.07) is 2.86. The highest BCUT2D eigenvalue weighted by Gasteiger charge is 2.41. The van der Waals surface area contributed by atoms with E-state index in [4.69, 9.17) is 5.26 Å². The lowest BCUT2D eigenvalue weighted by molar-refractivity contribution is 0.569. The summed E-state index contributed by atoms with van der Waals surface area (Å²) in [5.41, 5.74) is 1.61. The zero-order valence-electron chi connectivity index (χ0n) is 9.36. The van der Waals surface area contributed by atoms with Gasteiger partial charge in [0.15, 0.2) is 0 Å². The molecule has 0 radical (unpaired) electrons. The molecule has 3 rings (SSSR count). The lowest BCUT2D eigenvalue weighted by atomic mass is 10.1. The molecule has 2 aliphatic carbocycles. The van der Waals surface area contributed by atoms with Gasteiger partial charge < -0.3 is 5.32 Å². The molecule has 0 aliphatic heterocycles. The zero-order chi connectivity index (χ0) is 11.1. The summed E-state index contributed by atoms with van der Waals surface area (Å²) in [5.74, 6) is 1.70. The Morgan fingerprint density at radius 1 is 1.38 bits per heavy atom. The SMILES string of the molecule is Cc1nsc(NC(C2CC2)C2CC2)c1C#N. The number of nitrogens with one attached hydrogen (secondary N) is 1. The highest BCUT2D eigenvalue weighted by atomic mass is 32.1. The molecule has 0 aromatic carbocycles. The predicted octanol–water partition coefficient (Wildman–Crippen LogP) is 2.92. The van der Waals surface area contributed by atoms with E-state index >= 15 is 0 Å². The third-order valence-corrected chi connectivity index (χ3v) is 4.40. The van der Waals surface area contributed by atoms with Crippen LogP contribution < -0.4 is 5.32 Å². The number of nitrogens with zero attached hydrogens (tertiary/aromatic N) is 2. The lowest BCUT2D eigenvalue weighted by Crippen LogP contribution is -2.24. The van der Waals surface area contributed by atoms with Crippen LogP contribution in [-0.4, -0.2) is 10.4 Å². The molecule has 2 aliphatic rings. The van der Waals surface area contributed by atoms with Gasteiger partial charge in [0.25, 0.3) is 0 Å². The Morgan fingerprint density at radius 2 is 2.00 bits per heavy atom. The Bertz CT molecular complexity index is 426. The van der Waals surface area contributed by atoms with Crippen molar-refractivity contribution in [1.82, 2.24) is 4.37 Å². The van der Waals surface area contributed by atoms with E-state index in [2.05, 4.69) is 15.8 Å². The Labute approximate surface area is 99.6 Å². The summed E-state index contributed by atoms with van der Waals surface area (Å²) in [6.07, 6.45) is 5.42. The van der Waals surface area contributed by atoms with Crippen molar-refractivity contribution in [3.63, 3.8) is 0 Å². The molecule has 4 heteroatoms. The fourth-order valence-electron chi connectivity index (χ4n) is 2.28. The molecule has 84 valence electrons. The Balaban J connectivity index is 1.79. The van der Waals surface area contributed by atoms with Crippen molar-refractivity contribution >= 4 is 16.5 Å². The maximum absolute atomic E-state index is 9.09. The fourth-order valence-corrected chi connectivity index (χ4v) is 3.08. The summed E-state index contributed by atoms with van der Waals surface area (Å²) < 4.78 is 4.26. The van der Waals surface area contributed by atoms with Crippen molar-refractivity contribution in [2.75, 3.05) is 5.32 Å². The molecule has 0 spiro atoms. The van der Waals surface area contributed by atoms with Crippen LogP contribution in [0, 0.1) is 30.1 Å². The van der Waals surface area contributed by atoms with Crippen molar-refractivity contribution in [2.24, 2.45) is 11.8 Å². The number of rotatable bonds is 4. The standard InChI is InChI=1S/C12H15N3S/c1-7-10(6-13)12(16-15-7)14-11(8-2-3-8)9-4-5-9/h8-9,11,14H,2-5H2,1H3. The average Bonchev–Trinajstić information content (AvgIpc) is 3.14. The third-order valence-electron chi connectivity index (χ3n) is 3.53. The molecule has 1 aromatic heterocycles. The quantitative estimate of drug-likeness (QED) is 0.869. The second-order valence-corrected chi connectivity index (χ2v) is 5.70. The molecular formula is C12H15N3S. The Morgan fingerprint density at radius 3 is 2.50 bits per heavy atom. The van der Waals surface area contributed by atoms with Crippen LogP contribution in [0.2, 0.25) is 0 Å². The molecule has 0 atom stereocenters. The summed E-state index contributed by atoms with van der Waals surface area (Å²) in [4.78, 5) is 0. The monoisotopic (exact) mass is 233 g/mol. The van der Waals surface area contributed by atoms with Crippen LogP contribution in [-0.2, 0) is 0 Å². The van der Waals surface area contributed by atoms with Crippen LogP contribution in [0.3, 0.4) is 0 Å². The lowest BCUT2D eigenvalue weighted by Gasteiger charge is -2.17. The van der Waals surface area contributed by atoms with Crippen LogP contribution in [0.1, 0.15) is 36.9 Å². The normalized spacial score (nSPS) is 19.8. The molecule has 2 fully saturated rings. The van der Waals surface area contributed by atoms with Gasteiger partial charge in [-0.3, -0.25) is 0 Å². The largest absolute Gasteiger partial charge is 0.371 e. The van der Waals surface area contributed by atoms with Crippen LogP contribution in [0.25, 0.3) is 0 Å². The third kappa shape index (κ3) is 1.80. The second kappa shape index (κ2) is 3.74. The summed E-state index contributed by atoms with van der Waals surface area (Å²) in [6.45, 7) is 1.91. The van der Waals surface area contributed by atoms with Gasteiger partial charge in [-0.05, 0) is 56.0 Å². The number of hydrogen-bond donors (Lipinski definition) is 1. The molecule has 1 aromatic rings. The van der Waals surface area contributed by atoms with Crippen molar-refractivity contribution in [1.29, 1.82) is 5.26 Å². The topological polar surface area (TPSA) is 48.7 Å². The average molecular weight is 233 g/mol. The zero-order valence-corrected chi connectivity index (χ0v) is 10.2. The Kier molecular flexibility index (Phi) is 2.36. The van der Waals surface area contributed by atoms with Crippen LogP contribution in [0.15, 0.2) is 0 Å². The van der Waals surface area contributed by atoms with Gasteiger partial charge in [0.2, 0.25) is 0 Å². The molecule has 0 amide bonds. The van der Waals surface area contributed by atoms with Crippen molar-refractivity contribution in [3.8, 4) is 6.07 Å². The van der Waals surface area contributed by atoms with E-state index in [0.29, 0.717) is 6.04 Å². The molecule has 0 saturated heterocycles. The molecule has 1 N–H and O–H groups in total. The van der Waals surface area contributed by atoms with Crippen LogP contribution in [0.4, 0.5) is 5.00 Å². The molecule has 0 unspecified atom stereocenters. The van der Waals surface area contributed by atoms with E-state index in [1.165, 1.54) is 37.2 Å². The number of aryl methyl sites for hydroxylation is 1. The van der Waals surface area contributed by atoms with Gasteiger partial charge in [-0.1, -0.05) is 0 Å². The first kappa shape index (κ1) is 10.1. The van der Waals surface area contributed by atoms with Gasteiger partial charge >= 0.3 is 0 Å². The van der Waals surface area contributed by atoms with E-state index in [0.717, 1.165) is 28.1 Å². The fraction of sp³-hybridized carbons (Fsp3) is 0.667. The highest BCUT2D eigenvalue weighted by Crippen LogP contribution is 2.46. The second-order valence-electron chi connectivity index (χ2n) is 4.93. The smallest absolute Gasteiger partial charge is 0.127 e. The Hall–Kier alpha value is -1.08. The van der Waals surface area contributed by atoms with E-state index in [-0.39, 0.29) is 0 Å². The summed E-state index contributed by atoms with van der Waals surface area (Å²) >= 11 is 1.44. The maximum Gasteiger partial charge on any atom is 0.127 e. The van der Waals surface area contributed by atoms with Crippen molar-refractivity contribution in [2.45, 2.75) is 38.6 Å². The summed E-state index contributed by atoms with van der Waals surface area (Å²) in [7, 11) is 0. The summed E-state index contributed by atoms with van der Waals surface area (Å²) in [5, 5.41) is 13.7. The first-order valence-electron chi connectivity index (χ1n) is 5.92. The van der Waals surface area contributed by atoms with Gasteiger partial charge in [0.05, 0.1) is 5.69 Å². The number of aromatic nitrogens is 1. The minimum absolute atomic E-state index is 0.604. The van der Waals surface area contributed by atoms with Crippen LogP contribution >= 0.6 is 11.5 Å². The van der Waals surface area contributed by atoms with Gasteiger partial charge in [0.1, 0.15) is 16.6 Å². The van der Waals surface area contributed by atoms with Gasteiger partial charge in [-0.2, -0.15) is 9.64 Å². The maximum atomic E-state index is 9.09. The van der Waals surface area contributed by atoms with Crippen molar-refractivity contribution < 1.29 is 0 Å². The minimum atomic E-state index is 0.604. The number of nitriles is 1. The molecule has 1 heterocycles. The van der Waals surface area contributed by atoms with Crippen LogP contribution in [0.5, 0.6) is 0 Å². The first-order valence-corrected chi connectivity index (χ1v) is 6.70. The van der Waals surface area contributed by atoms with Gasteiger partial charge in [0, 0.05) is 6.04 Å². The van der Waals surface area contributed by atoms with E-state index in [1.807, 2.05) is 6.92 Å². The minimum Gasteiger partial charge on any atom is -0.371 e. The first-order chi connectivity index (χ1) is 7.79. The molecule has 2 saturated carbocycles. The number of anilines is 1. The van der Waals surface area contributed by atoms with Crippen molar-refractivity contribution in [3.05, 3.63) is 11.3 Å². The van der Waals surface area contributed by atoms with E-state index in [9.17, 15) is 0 Å². The highest BCUT2D eigenvalue weighted by molar-refractivity contribution is 7.10. The molecule has 3 nitrogen and oxygen atoms in total. The molecular weight excluding hydrogens is 218 g/mol. The van der Waals surface area contributed by atoms with E-state index in [1.54, 1.807) is 0 Å². The van der Waals surface area contributed by atoms with Gasteiger partial charge in [-0.25, -0.2) is 0 Å². The molecule has 0 bridgehead atoms. The van der Waals surface area contributed by atoms with E-state index < -0.39 is 0 Å². The molecule has 16 heavy (non-hydrogen) atoms. The predicted molar refractivity (Wildman–Crippen MR) is 64.4 cm³/mol.